The second-order valence-electron chi connectivity index (χ2n) is 6.71. The molecule has 0 aromatic heterocycles. The fraction of sp³-hybridized carbons (Fsp3) is 0.389. The van der Waals surface area contributed by atoms with Gasteiger partial charge in [0.25, 0.3) is 0 Å². The smallest absolute Gasteiger partial charge is 0.243 e. The molecule has 6 heteroatoms. The summed E-state index contributed by atoms with van der Waals surface area (Å²) in [5, 5.41) is 1.92. The first kappa shape index (κ1) is 15.6. The Bertz CT molecular complexity index is 909. The zero-order valence-corrected chi connectivity index (χ0v) is 14.4. The quantitative estimate of drug-likeness (QED) is 0.838. The van der Waals surface area contributed by atoms with Crippen LogP contribution in [0.2, 0.25) is 0 Å². The van der Waals surface area contributed by atoms with Gasteiger partial charge < -0.3 is 4.90 Å². The summed E-state index contributed by atoms with van der Waals surface area (Å²) >= 11 is 0. The Morgan fingerprint density at radius 1 is 1.00 bits per heavy atom. The number of rotatable bonds is 2. The average Bonchev–Trinajstić information content (AvgIpc) is 2.88. The molecule has 2 atom stereocenters. The standard InChI is InChI=1S/C18H20N2O3S/c1-19-16-8-6-15(18(19)21)11-20(12-16)24(22,23)17-9-7-13-4-2-3-5-14(13)10-17/h2-5,7,9-10,15-16H,6,8,11-12H2,1H3/t15-,16+/m0/s1. The summed E-state index contributed by atoms with van der Waals surface area (Å²) in [6.45, 7) is 0.669. The molecule has 0 spiro atoms. The van der Waals surface area contributed by atoms with Gasteiger partial charge in [0.2, 0.25) is 15.9 Å². The number of carbonyl (C=O) groups is 1. The molecule has 3 aliphatic rings. The predicted octanol–water partition coefficient (Wildman–Crippen LogP) is 2.08. The number of sulfonamides is 1. The Kier molecular flexibility index (Phi) is 3.62. The molecule has 1 amide bonds. The molecule has 0 aliphatic carbocycles. The van der Waals surface area contributed by atoms with Crippen molar-refractivity contribution in [2.24, 2.45) is 5.92 Å². The lowest BCUT2D eigenvalue weighted by Crippen LogP contribution is -2.45. The molecule has 3 saturated heterocycles. The highest BCUT2D eigenvalue weighted by molar-refractivity contribution is 7.89. The molecule has 0 unspecified atom stereocenters. The van der Waals surface area contributed by atoms with E-state index in [0.717, 1.165) is 23.6 Å². The predicted molar refractivity (Wildman–Crippen MR) is 92.0 cm³/mol. The number of piperidine rings is 1. The average molecular weight is 344 g/mol. The third kappa shape index (κ3) is 2.41. The van der Waals surface area contributed by atoms with Gasteiger partial charge in [-0.05, 0) is 35.7 Å². The summed E-state index contributed by atoms with van der Waals surface area (Å²) in [5.41, 5.74) is 0. The van der Waals surface area contributed by atoms with Crippen molar-refractivity contribution in [3.63, 3.8) is 0 Å². The van der Waals surface area contributed by atoms with Crippen molar-refractivity contribution < 1.29 is 13.2 Å². The van der Waals surface area contributed by atoms with Crippen LogP contribution in [0.3, 0.4) is 0 Å². The number of carbonyl (C=O) groups excluding carboxylic acids is 1. The van der Waals surface area contributed by atoms with E-state index in [4.69, 9.17) is 0 Å². The molecule has 3 aliphatic heterocycles. The van der Waals surface area contributed by atoms with Gasteiger partial charge in [0.1, 0.15) is 0 Å². The minimum atomic E-state index is -3.60. The van der Waals surface area contributed by atoms with Crippen molar-refractivity contribution >= 4 is 26.7 Å². The van der Waals surface area contributed by atoms with Crippen LogP contribution in [0.5, 0.6) is 0 Å². The zero-order valence-electron chi connectivity index (χ0n) is 13.6. The number of hydrogen-bond acceptors (Lipinski definition) is 3. The van der Waals surface area contributed by atoms with E-state index in [-0.39, 0.29) is 24.4 Å². The van der Waals surface area contributed by atoms with Gasteiger partial charge in [-0.15, -0.1) is 0 Å². The van der Waals surface area contributed by atoms with E-state index in [1.54, 1.807) is 24.1 Å². The lowest BCUT2D eigenvalue weighted by atomic mass is 9.95. The van der Waals surface area contributed by atoms with E-state index >= 15 is 0 Å². The van der Waals surface area contributed by atoms with Gasteiger partial charge in [0.05, 0.1) is 10.8 Å². The van der Waals surface area contributed by atoms with Gasteiger partial charge in [0.15, 0.2) is 0 Å². The third-order valence-corrected chi connectivity index (χ3v) is 7.12. The van der Waals surface area contributed by atoms with Gasteiger partial charge in [-0.25, -0.2) is 8.42 Å². The lowest BCUT2D eigenvalue weighted by Gasteiger charge is -2.32. The van der Waals surface area contributed by atoms with Gasteiger partial charge >= 0.3 is 0 Å². The van der Waals surface area contributed by atoms with Crippen LogP contribution in [0.15, 0.2) is 47.4 Å². The first-order valence-corrected chi connectivity index (χ1v) is 9.66. The van der Waals surface area contributed by atoms with Gasteiger partial charge in [-0.1, -0.05) is 30.3 Å². The second kappa shape index (κ2) is 5.57. The van der Waals surface area contributed by atoms with Crippen LogP contribution in [0.25, 0.3) is 10.8 Å². The number of nitrogens with zero attached hydrogens (tertiary/aromatic N) is 2. The molecule has 5 rings (SSSR count). The molecule has 5 nitrogen and oxygen atoms in total. The largest absolute Gasteiger partial charge is 0.341 e. The number of likely N-dealkylation sites (N-methyl/N-ethyl adjacent to an activating group) is 1. The maximum absolute atomic E-state index is 13.1. The van der Waals surface area contributed by atoms with Crippen molar-refractivity contribution in [2.45, 2.75) is 23.8 Å². The molecule has 0 N–H and O–H groups in total. The van der Waals surface area contributed by atoms with Crippen molar-refractivity contribution in [3.8, 4) is 0 Å². The Labute approximate surface area is 141 Å². The molecular formula is C18H20N2O3S. The molecular weight excluding hydrogens is 324 g/mol. The molecule has 3 fully saturated rings. The Hall–Kier alpha value is -1.92. The Morgan fingerprint density at radius 3 is 2.54 bits per heavy atom. The molecule has 3 heterocycles. The van der Waals surface area contributed by atoms with Crippen LogP contribution in [-0.2, 0) is 14.8 Å². The van der Waals surface area contributed by atoms with Crippen molar-refractivity contribution in [3.05, 3.63) is 42.5 Å². The summed E-state index contributed by atoms with van der Waals surface area (Å²) < 4.78 is 27.7. The highest BCUT2D eigenvalue weighted by Gasteiger charge is 2.42. The van der Waals surface area contributed by atoms with Crippen molar-refractivity contribution in [1.29, 1.82) is 0 Å². The Balaban J connectivity index is 1.72. The van der Waals surface area contributed by atoms with Crippen LogP contribution >= 0.6 is 0 Å². The molecule has 2 bridgehead atoms. The van der Waals surface area contributed by atoms with Gasteiger partial charge in [-0.2, -0.15) is 4.31 Å². The maximum Gasteiger partial charge on any atom is 0.243 e. The zero-order chi connectivity index (χ0) is 16.9. The van der Waals surface area contributed by atoms with Crippen LogP contribution in [0.1, 0.15) is 12.8 Å². The lowest BCUT2D eigenvalue weighted by molar-refractivity contribution is -0.138. The van der Waals surface area contributed by atoms with E-state index in [9.17, 15) is 13.2 Å². The fourth-order valence-electron chi connectivity index (χ4n) is 3.79. The minimum absolute atomic E-state index is 0.0218. The number of amides is 1. The van der Waals surface area contributed by atoms with Crippen LogP contribution in [0.4, 0.5) is 0 Å². The Morgan fingerprint density at radius 2 is 1.75 bits per heavy atom. The minimum Gasteiger partial charge on any atom is -0.341 e. The van der Waals surface area contributed by atoms with Crippen LogP contribution < -0.4 is 0 Å². The fourth-order valence-corrected chi connectivity index (χ4v) is 5.35. The van der Waals surface area contributed by atoms with Crippen LogP contribution in [0, 0.1) is 5.92 Å². The van der Waals surface area contributed by atoms with Crippen molar-refractivity contribution in [1.82, 2.24) is 9.21 Å². The number of benzene rings is 2. The highest BCUT2D eigenvalue weighted by Crippen LogP contribution is 2.31. The third-order valence-electron chi connectivity index (χ3n) is 5.29. The second-order valence-corrected chi connectivity index (χ2v) is 8.65. The molecule has 2 aromatic carbocycles. The topological polar surface area (TPSA) is 57.7 Å². The SMILES string of the molecule is CN1C(=O)[C@H]2CC[C@@H]1CN(S(=O)(=O)c1ccc3ccccc3c1)C2. The number of fused-ring (bicyclic) bond motifs is 5. The van der Waals surface area contributed by atoms with E-state index < -0.39 is 10.0 Å². The molecule has 2 aromatic rings. The van der Waals surface area contributed by atoms with Crippen LogP contribution in [-0.4, -0.2) is 49.7 Å². The van der Waals surface area contributed by atoms with Crippen molar-refractivity contribution in [2.75, 3.05) is 20.1 Å². The van der Waals surface area contributed by atoms with Gasteiger partial charge in [0, 0.05) is 26.2 Å². The highest BCUT2D eigenvalue weighted by atomic mass is 32.2. The van der Waals surface area contributed by atoms with E-state index in [1.807, 2.05) is 30.3 Å². The molecule has 126 valence electrons. The summed E-state index contributed by atoms with van der Waals surface area (Å²) in [6.07, 6.45) is 1.65. The van der Waals surface area contributed by atoms with E-state index in [0.29, 0.717) is 11.4 Å². The van der Waals surface area contributed by atoms with E-state index in [2.05, 4.69) is 0 Å². The van der Waals surface area contributed by atoms with Gasteiger partial charge in [-0.3, -0.25) is 4.79 Å². The summed E-state index contributed by atoms with van der Waals surface area (Å²) in [7, 11) is -1.81. The summed E-state index contributed by atoms with van der Waals surface area (Å²) in [6, 6.07) is 12.9. The normalized spacial score (nSPS) is 25.2. The first-order valence-electron chi connectivity index (χ1n) is 8.22. The van der Waals surface area contributed by atoms with E-state index in [1.165, 1.54) is 4.31 Å². The summed E-state index contributed by atoms with van der Waals surface area (Å²) in [5.74, 6) is -0.147. The molecule has 24 heavy (non-hydrogen) atoms. The molecule has 0 saturated carbocycles. The maximum atomic E-state index is 13.1. The monoisotopic (exact) mass is 344 g/mol. The summed E-state index contributed by atoms with van der Waals surface area (Å²) in [4.78, 5) is 14.3. The molecule has 0 radical (unpaired) electrons. The number of hydrogen-bond donors (Lipinski definition) is 0. The first-order chi connectivity index (χ1) is 11.5.